The first-order valence-electron chi connectivity index (χ1n) is 4.71. The molecule has 0 spiro atoms. The number of aromatic amines is 1. The van der Waals surface area contributed by atoms with Crippen LogP contribution in [0.25, 0.3) is 0 Å². The molecule has 0 saturated carbocycles. The fourth-order valence-electron chi connectivity index (χ4n) is 0.965. The molecule has 0 saturated heterocycles. The van der Waals surface area contributed by atoms with E-state index in [1.54, 1.807) is 6.92 Å². The zero-order valence-corrected chi connectivity index (χ0v) is 8.82. The molecule has 0 aliphatic carbocycles. The molecule has 4 N–H and O–H groups in total. The first kappa shape index (κ1) is 12.1. The van der Waals surface area contributed by atoms with E-state index in [-0.39, 0.29) is 25.5 Å². The second-order valence-corrected chi connectivity index (χ2v) is 2.90. The number of esters is 1. The van der Waals surface area contributed by atoms with Gasteiger partial charge >= 0.3 is 5.97 Å². The fraction of sp³-hybridized carbons (Fsp3) is 0.500. The van der Waals surface area contributed by atoms with Crippen molar-refractivity contribution in [3.05, 3.63) is 11.6 Å². The average Bonchev–Trinajstić information content (AvgIpc) is 2.66. The Balaban J connectivity index is 2.45. The molecule has 0 aliphatic rings. The van der Waals surface area contributed by atoms with E-state index in [1.807, 2.05) is 0 Å². The number of rotatable bonds is 6. The molecule has 1 heterocycles. The lowest BCUT2D eigenvalue weighted by molar-refractivity contribution is -0.117. The number of H-pyrrole nitrogens is 1. The predicted molar refractivity (Wildman–Crippen MR) is 53.2 cm³/mol. The van der Waals surface area contributed by atoms with Gasteiger partial charge in [-0.05, 0) is 6.92 Å². The summed E-state index contributed by atoms with van der Waals surface area (Å²) in [7, 11) is 0. The van der Waals surface area contributed by atoms with Crippen molar-refractivity contribution in [2.24, 2.45) is 5.73 Å². The van der Waals surface area contributed by atoms with Crippen LogP contribution in [0.15, 0.2) is 0 Å². The highest BCUT2D eigenvalue weighted by atomic mass is 16.5. The van der Waals surface area contributed by atoms with E-state index < -0.39 is 11.9 Å². The zero-order valence-electron chi connectivity index (χ0n) is 8.82. The highest BCUT2D eigenvalue weighted by molar-refractivity contribution is 5.84. The van der Waals surface area contributed by atoms with Crippen LogP contribution in [0.3, 0.4) is 0 Å². The average molecular weight is 227 g/mol. The third-order valence-corrected chi connectivity index (χ3v) is 1.58. The van der Waals surface area contributed by atoms with Crippen molar-refractivity contribution in [1.29, 1.82) is 0 Å². The lowest BCUT2D eigenvalue weighted by Gasteiger charge is -1.97. The van der Waals surface area contributed by atoms with Gasteiger partial charge in [-0.25, -0.2) is 9.78 Å². The Bertz CT molecular complexity index is 376. The molecule has 0 aromatic carbocycles. The van der Waals surface area contributed by atoms with Gasteiger partial charge in [0.15, 0.2) is 0 Å². The van der Waals surface area contributed by atoms with Gasteiger partial charge in [0, 0.05) is 0 Å². The second-order valence-electron chi connectivity index (χ2n) is 2.90. The summed E-state index contributed by atoms with van der Waals surface area (Å²) in [5.41, 5.74) is 4.93. The summed E-state index contributed by atoms with van der Waals surface area (Å²) in [5.74, 6) is -0.646. The minimum Gasteiger partial charge on any atom is -0.460 e. The van der Waals surface area contributed by atoms with Crippen LogP contribution < -0.4 is 11.1 Å². The van der Waals surface area contributed by atoms with Crippen LogP contribution in [0.1, 0.15) is 23.4 Å². The molecule has 1 amide bonds. The Morgan fingerprint density at radius 2 is 2.31 bits per heavy atom. The largest absolute Gasteiger partial charge is 0.460 e. The maximum atomic E-state index is 11.2. The Morgan fingerprint density at radius 1 is 1.56 bits per heavy atom. The van der Waals surface area contributed by atoms with Crippen LogP contribution in [0, 0.1) is 0 Å². The number of primary amides is 1. The maximum Gasteiger partial charge on any atom is 0.378 e. The highest BCUT2D eigenvalue weighted by Crippen LogP contribution is 1.95. The Hall–Kier alpha value is -1.96. The smallest absolute Gasteiger partial charge is 0.378 e. The van der Waals surface area contributed by atoms with Crippen LogP contribution in [0.5, 0.6) is 0 Å². The van der Waals surface area contributed by atoms with Crippen LogP contribution in [-0.4, -0.2) is 40.2 Å². The van der Waals surface area contributed by atoms with Crippen molar-refractivity contribution in [3.8, 4) is 0 Å². The molecule has 16 heavy (non-hydrogen) atoms. The molecule has 0 fully saturated rings. The SMILES string of the molecule is CCOC(=O)c1n[nH]c(CNCC(N)=O)n1. The van der Waals surface area contributed by atoms with Gasteiger partial charge in [-0.1, -0.05) is 0 Å². The minimum atomic E-state index is -0.583. The normalized spacial score (nSPS) is 10.1. The Morgan fingerprint density at radius 3 is 2.94 bits per heavy atom. The first-order valence-corrected chi connectivity index (χ1v) is 4.71. The van der Waals surface area contributed by atoms with E-state index >= 15 is 0 Å². The van der Waals surface area contributed by atoms with Crippen molar-refractivity contribution in [2.45, 2.75) is 13.5 Å². The third kappa shape index (κ3) is 3.65. The van der Waals surface area contributed by atoms with Crippen molar-refractivity contribution in [3.63, 3.8) is 0 Å². The number of aromatic nitrogens is 3. The Labute approximate surface area is 91.6 Å². The van der Waals surface area contributed by atoms with E-state index in [0.29, 0.717) is 5.82 Å². The Kier molecular flexibility index (Phi) is 4.40. The van der Waals surface area contributed by atoms with E-state index in [9.17, 15) is 9.59 Å². The molecule has 8 nitrogen and oxygen atoms in total. The molecule has 0 aliphatic heterocycles. The molecule has 8 heteroatoms. The summed E-state index contributed by atoms with van der Waals surface area (Å²) in [5, 5.41) is 8.93. The maximum absolute atomic E-state index is 11.2. The lowest BCUT2D eigenvalue weighted by Crippen LogP contribution is -2.28. The van der Waals surface area contributed by atoms with Gasteiger partial charge in [0.2, 0.25) is 5.91 Å². The molecule has 0 bridgehead atoms. The number of nitrogens with one attached hydrogen (secondary N) is 2. The van der Waals surface area contributed by atoms with Gasteiger partial charge in [0.25, 0.3) is 5.82 Å². The summed E-state index contributed by atoms with van der Waals surface area (Å²) >= 11 is 0. The summed E-state index contributed by atoms with van der Waals surface area (Å²) in [6, 6.07) is 0. The number of nitrogens with zero attached hydrogens (tertiary/aromatic N) is 2. The minimum absolute atomic E-state index is 0.0299. The summed E-state index contributed by atoms with van der Waals surface area (Å²) in [6.45, 7) is 2.27. The number of ether oxygens (including phenoxy) is 1. The number of carbonyl (C=O) groups excluding carboxylic acids is 2. The highest BCUT2D eigenvalue weighted by Gasteiger charge is 2.12. The number of hydrogen-bond donors (Lipinski definition) is 3. The van der Waals surface area contributed by atoms with Crippen molar-refractivity contribution >= 4 is 11.9 Å². The lowest BCUT2D eigenvalue weighted by atomic mass is 10.5. The van der Waals surface area contributed by atoms with Crippen LogP contribution in [0.4, 0.5) is 0 Å². The summed E-state index contributed by atoms with van der Waals surface area (Å²) in [6.07, 6.45) is 0. The van der Waals surface area contributed by atoms with Gasteiger partial charge in [0.1, 0.15) is 5.82 Å². The van der Waals surface area contributed by atoms with Gasteiger partial charge < -0.3 is 15.8 Å². The number of nitrogens with two attached hydrogens (primary N) is 1. The molecular formula is C8H13N5O3. The molecule has 1 aromatic heterocycles. The number of hydrogen-bond acceptors (Lipinski definition) is 6. The zero-order chi connectivity index (χ0) is 12.0. The topological polar surface area (TPSA) is 123 Å². The van der Waals surface area contributed by atoms with E-state index in [1.165, 1.54) is 0 Å². The molecule has 88 valence electrons. The molecule has 0 atom stereocenters. The van der Waals surface area contributed by atoms with E-state index in [2.05, 4.69) is 20.5 Å². The second kappa shape index (κ2) is 5.81. The molecule has 0 radical (unpaired) electrons. The monoisotopic (exact) mass is 227 g/mol. The van der Waals surface area contributed by atoms with Crippen molar-refractivity contribution < 1.29 is 14.3 Å². The van der Waals surface area contributed by atoms with Crippen molar-refractivity contribution in [1.82, 2.24) is 20.5 Å². The molecule has 1 aromatic rings. The van der Waals surface area contributed by atoms with Crippen molar-refractivity contribution in [2.75, 3.05) is 13.2 Å². The molecule has 0 unspecified atom stereocenters. The standard InChI is InChI=1S/C8H13N5O3/c1-2-16-8(15)7-11-6(12-13-7)4-10-3-5(9)14/h10H,2-4H2,1H3,(H2,9,14)(H,11,12,13). The molecule has 1 rings (SSSR count). The van der Waals surface area contributed by atoms with E-state index in [4.69, 9.17) is 10.5 Å². The van der Waals surface area contributed by atoms with Crippen LogP contribution in [-0.2, 0) is 16.1 Å². The van der Waals surface area contributed by atoms with Gasteiger partial charge in [0.05, 0.1) is 19.7 Å². The molecular weight excluding hydrogens is 214 g/mol. The third-order valence-electron chi connectivity index (χ3n) is 1.58. The number of carbonyl (C=O) groups is 2. The van der Waals surface area contributed by atoms with Crippen LogP contribution >= 0.6 is 0 Å². The van der Waals surface area contributed by atoms with Gasteiger partial charge in [-0.2, -0.15) is 0 Å². The number of amides is 1. The first-order chi connectivity index (χ1) is 7.63. The fourth-order valence-corrected chi connectivity index (χ4v) is 0.965. The van der Waals surface area contributed by atoms with Gasteiger partial charge in [-0.3, -0.25) is 9.89 Å². The predicted octanol–water partition coefficient (Wildman–Crippen LogP) is -1.44. The quantitative estimate of drug-likeness (QED) is 0.511. The van der Waals surface area contributed by atoms with E-state index in [0.717, 1.165) is 0 Å². The summed E-state index contributed by atoms with van der Waals surface area (Å²) in [4.78, 5) is 25.5. The van der Waals surface area contributed by atoms with Gasteiger partial charge in [-0.15, -0.1) is 5.10 Å². The van der Waals surface area contributed by atoms with Crippen LogP contribution in [0.2, 0.25) is 0 Å². The summed E-state index contributed by atoms with van der Waals surface area (Å²) < 4.78 is 4.71.